The van der Waals surface area contributed by atoms with E-state index in [0.717, 1.165) is 17.3 Å². The molecule has 0 aliphatic carbocycles. The minimum Gasteiger partial charge on any atom is -0.458 e. The zero-order chi connectivity index (χ0) is 9.10. The van der Waals surface area contributed by atoms with Crippen molar-refractivity contribution in [2.75, 3.05) is 0 Å². The van der Waals surface area contributed by atoms with Gasteiger partial charge in [0, 0.05) is 6.42 Å². The maximum absolute atomic E-state index is 5.54. The first-order valence-corrected chi connectivity index (χ1v) is 4.13. The molecule has 0 atom stereocenters. The highest BCUT2D eigenvalue weighted by atomic mass is 16.6. The van der Waals surface area contributed by atoms with Crippen LogP contribution in [-0.2, 0) is 0 Å². The van der Waals surface area contributed by atoms with E-state index in [1.165, 1.54) is 0 Å². The van der Waals surface area contributed by atoms with Gasteiger partial charge in [0.2, 0.25) is 0 Å². The number of rotatable bonds is 2. The van der Waals surface area contributed by atoms with Crippen LogP contribution in [-0.4, -0.2) is 0 Å². The summed E-state index contributed by atoms with van der Waals surface area (Å²) in [5, 5.41) is 0. The van der Waals surface area contributed by atoms with E-state index >= 15 is 0 Å². The largest absolute Gasteiger partial charge is 0.458 e. The number of ether oxygens (including phenoxy) is 2. The Balaban J connectivity index is 2.22. The van der Waals surface area contributed by atoms with E-state index in [2.05, 4.69) is 6.58 Å². The summed E-state index contributed by atoms with van der Waals surface area (Å²) < 4.78 is 10.9. The summed E-state index contributed by atoms with van der Waals surface area (Å²) in [6.07, 6.45) is 4.08. The molecule has 0 saturated carbocycles. The van der Waals surface area contributed by atoms with Gasteiger partial charge in [0.25, 0.3) is 0 Å². The van der Waals surface area contributed by atoms with Gasteiger partial charge in [-0.3, -0.25) is 0 Å². The third-order valence-electron chi connectivity index (χ3n) is 1.75. The molecule has 0 saturated heterocycles. The van der Waals surface area contributed by atoms with Gasteiger partial charge in [-0.25, -0.2) is 0 Å². The highest BCUT2D eigenvalue weighted by Crippen LogP contribution is 2.32. The molecule has 1 heterocycles. The van der Waals surface area contributed by atoms with Crippen molar-refractivity contribution in [2.45, 2.75) is 6.42 Å². The summed E-state index contributed by atoms with van der Waals surface area (Å²) in [6, 6.07) is 7.58. The highest BCUT2D eigenvalue weighted by molar-refractivity contribution is 5.42. The molecule has 0 aromatic heterocycles. The summed E-state index contributed by atoms with van der Waals surface area (Å²) >= 11 is 0. The lowest BCUT2D eigenvalue weighted by Gasteiger charge is -2.16. The quantitative estimate of drug-likeness (QED) is 0.642. The van der Waals surface area contributed by atoms with Crippen molar-refractivity contribution in [2.24, 2.45) is 0 Å². The molecule has 0 N–H and O–H groups in total. The van der Waals surface area contributed by atoms with E-state index < -0.39 is 0 Å². The minimum absolute atomic E-state index is 0.689. The molecule has 0 bridgehead atoms. The molecule has 0 spiro atoms. The Kier molecular flexibility index (Phi) is 2.04. The van der Waals surface area contributed by atoms with Gasteiger partial charge in [-0.15, -0.1) is 6.58 Å². The SMILES string of the molecule is C=CCC1=COc2ccccc2O1. The maximum Gasteiger partial charge on any atom is 0.169 e. The first kappa shape index (κ1) is 7.92. The van der Waals surface area contributed by atoms with Gasteiger partial charge in [0.1, 0.15) is 12.0 Å². The fourth-order valence-corrected chi connectivity index (χ4v) is 1.16. The molecule has 0 unspecified atom stereocenters. The molecule has 66 valence electrons. The molecule has 2 heteroatoms. The lowest BCUT2D eigenvalue weighted by atomic mass is 10.3. The van der Waals surface area contributed by atoms with Gasteiger partial charge in [0.15, 0.2) is 11.5 Å². The summed E-state index contributed by atoms with van der Waals surface area (Å²) in [4.78, 5) is 0. The molecule has 1 aliphatic heterocycles. The molecule has 1 aliphatic rings. The van der Waals surface area contributed by atoms with Crippen molar-refractivity contribution in [1.29, 1.82) is 0 Å². The second-order valence-electron chi connectivity index (χ2n) is 2.74. The molecule has 13 heavy (non-hydrogen) atoms. The summed E-state index contributed by atoms with van der Waals surface area (Å²) in [5.41, 5.74) is 0. The second kappa shape index (κ2) is 3.35. The summed E-state index contributed by atoms with van der Waals surface area (Å²) in [7, 11) is 0. The van der Waals surface area contributed by atoms with Gasteiger partial charge in [-0.2, -0.15) is 0 Å². The smallest absolute Gasteiger partial charge is 0.169 e. The average molecular weight is 174 g/mol. The fourth-order valence-electron chi connectivity index (χ4n) is 1.16. The average Bonchev–Trinajstić information content (AvgIpc) is 2.18. The van der Waals surface area contributed by atoms with Gasteiger partial charge < -0.3 is 9.47 Å². The van der Waals surface area contributed by atoms with Gasteiger partial charge >= 0.3 is 0 Å². The molecule has 0 amide bonds. The van der Waals surface area contributed by atoms with E-state index in [4.69, 9.17) is 9.47 Å². The molecule has 0 fully saturated rings. The fraction of sp³-hybridized carbons (Fsp3) is 0.0909. The van der Waals surface area contributed by atoms with E-state index in [-0.39, 0.29) is 0 Å². The van der Waals surface area contributed by atoms with Crippen molar-refractivity contribution < 1.29 is 9.47 Å². The van der Waals surface area contributed by atoms with Crippen molar-refractivity contribution in [3.63, 3.8) is 0 Å². The zero-order valence-corrected chi connectivity index (χ0v) is 7.19. The van der Waals surface area contributed by atoms with Crippen LogP contribution in [0.2, 0.25) is 0 Å². The van der Waals surface area contributed by atoms with Crippen LogP contribution in [0.1, 0.15) is 6.42 Å². The molecular weight excluding hydrogens is 164 g/mol. The Bertz CT molecular complexity index is 353. The van der Waals surface area contributed by atoms with E-state index in [0.29, 0.717) is 6.42 Å². The van der Waals surface area contributed by atoms with E-state index in [1.54, 1.807) is 12.3 Å². The van der Waals surface area contributed by atoms with Crippen LogP contribution in [0.4, 0.5) is 0 Å². The molecule has 0 radical (unpaired) electrons. The van der Waals surface area contributed by atoms with Crippen LogP contribution in [0.5, 0.6) is 11.5 Å². The molecule has 1 aromatic rings. The van der Waals surface area contributed by atoms with Crippen molar-refractivity contribution in [3.05, 3.63) is 48.9 Å². The predicted octanol–water partition coefficient (Wildman–Crippen LogP) is 2.88. The highest BCUT2D eigenvalue weighted by Gasteiger charge is 2.11. The minimum atomic E-state index is 0.689. The summed E-state index contributed by atoms with van der Waals surface area (Å²) in [5.74, 6) is 2.31. The topological polar surface area (TPSA) is 18.5 Å². The molecule has 2 rings (SSSR count). The van der Waals surface area contributed by atoms with Gasteiger partial charge in [-0.1, -0.05) is 18.2 Å². The zero-order valence-electron chi connectivity index (χ0n) is 7.19. The van der Waals surface area contributed by atoms with Gasteiger partial charge in [-0.05, 0) is 12.1 Å². The summed E-state index contributed by atoms with van der Waals surface area (Å²) in [6.45, 7) is 3.63. The van der Waals surface area contributed by atoms with Crippen LogP contribution in [0, 0.1) is 0 Å². The van der Waals surface area contributed by atoms with Crippen LogP contribution in [0.3, 0.4) is 0 Å². The van der Waals surface area contributed by atoms with Gasteiger partial charge in [0.05, 0.1) is 0 Å². The normalized spacial score (nSPS) is 13.4. The third-order valence-corrected chi connectivity index (χ3v) is 1.75. The van der Waals surface area contributed by atoms with Crippen molar-refractivity contribution >= 4 is 0 Å². The Labute approximate surface area is 77.1 Å². The first-order chi connectivity index (χ1) is 6.40. The van der Waals surface area contributed by atoms with E-state index in [1.807, 2.05) is 24.3 Å². The monoisotopic (exact) mass is 174 g/mol. The number of hydrogen-bond acceptors (Lipinski definition) is 2. The van der Waals surface area contributed by atoms with Crippen LogP contribution in [0.15, 0.2) is 48.9 Å². The Morgan fingerprint density at radius 3 is 2.77 bits per heavy atom. The van der Waals surface area contributed by atoms with Crippen molar-refractivity contribution in [1.82, 2.24) is 0 Å². The first-order valence-electron chi connectivity index (χ1n) is 4.13. The Morgan fingerprint density at radius 2 is 2.00 bits per heavy atom. The number of hydrogen-bond donors (Lipinski definition) is 0. The Hall–Kier alpha value is -1.70. The number of fused-ring (bicyclic) bond motifs is 1. The number of allylic oxidation sites excluding steroid dienone is 1. The number of benzene rings is 1. The standard InChI is InChI=1S/C11H10O2/c1-2-5-9-8-12-10-6-3-4-7-11(10)13-9/h2-4,6-8H,1,5H2. The van der Waals surface area contributed by atoms with Crippen molar-refractivity contribution in [3.8, 4) is 11.5 Å². The third kappa shape index (κ3) is 1.56. The predicted molar refractivity (Wildman–Crippen MR) is 50.6 cm³/mol. The molecule has 1 aromatic carbocycles. The molecular formula is C11H10O2. The second-order valence-corrected chi connectivity index (χ2v) is 2.74. The lowest BCUT2D eigenvalue weighted by Crippen LogP contribution is -2.03. The molecule has 2 nitrogen and oxygen atoms in total. The lowest BCUT2D eigenvalue weighted by molar-refractivity contribution is 0.320. The van der Waals surface area contributed by atoms with Crippen LogP contribution in [0.25, 0.3) is 0 Å². The van der Waals surface area contributed by atoms with Crippen LogP contribution < -0.4 is 9.47 Å². The maximum atomic E-state index is 5.54. The Morgan fingerprint density at radius 1 is 1.23 bits per heavy atom. The number of para-hydroxylation sites is 2. The van der Waals surface area contributed by atoms with Crippen LogP contribution >= 0.6 is 0 Å². The van der Waals surface area contributed by atoms with E-state index in [9.17, 15) is 0 Å².